The van der Waals surface area contributed by atoms with Crippen molar-refractivity contribution in [3.63, 3.8) is 0 Å². The third-order valence-electron chi connectivity index (χ3n) is 3.83. The summed E-state index contributed by atoms with van der Waals surface area (Å²) in [5, 5.41) is 10.7. The second-order valence-electron chi connectivity index (χ2n) is 5.89. The predicted octanol–water partition coefficient (Wildman–Crippen LogP) is 2.56. The molecule has 1 aromatic carbocycles. The molecule has 0 bridgehead atoms. The highest BCUT2D eigenvalue weighted by Gasteiger charge is 2.16. The Hall–Kier alpha value is -1.88. The van der Waals surface area contributed by atoms with E-state index in [1.807, 2.05) is 29.0 Å². The van der Waals surface area contributed by atoms with Crippen LogP contribution >= 0.6 is 23.1 Å². The molecule has 3 rings (SSSR count). The summed E-state index contributed by atoms with van der Waals surface area (Å²) < 4.78 is 25.1. The van der Waals surface area contributed by atoms with E-state index in [9.17, 15) is 13.2 Å². The van der Waals surface area contributed by atoms with E-state index in [0.29, 0.717) is 17.2 Å². The van der Waals surface area contributed by atoms with Crippen LogP contribution in [0.5, 0.6) is 0 Å². The number of hydrogen-bond acceptors (Lipinski definition) is 6. The number of amides is 1. The van der Waals surface area contributed by atoms with Crippen LogP contribution in [-0.4, -0.2) is 29.6 Å². The van der Waals surface area contributed by atoms with Gasteiger partial charge < -0.3 is 9.88 Å². The molecule has 7 nitrogen and oxygen atoms in total. The number of thioether (sulfide) groups is 1. The summed E-state index contributed by atoms with van der Waals surface area (Å²) in [5.74, 6) is 0.161. The highest BCUT2D eigenvalue weighted by molar-refractivity contribution is 7.99. The van der Waals surface area contributed by atoms with E-state index in [1.165, 1.54) is 23.9 Å². The molecule has 0 atom stereocenters. The monoisotopic (exact) mass is 424 g/mol. The number of aromatic nitrogens is 2. The normalized spacial score (nSPS) is 11.8. The molecule has 0 spiro atoms. The lowest BCUT2D eigenvalue weighted by atomic mass is 10.3. The van der Waals surface area contributed by atoms with Crippen molar-refractivity contribution < 1.29 is 13.2 Å². The molecular formula is C17H20N4O3S3. The number of aryl methyl sites for hydroxylation is 1. The third kappa shape index (κ3) is 4.89. The molecule has 2 aromatic heterocycles. The van der Waals surface area contributed by atoms with Gasteiger partial charge in [0, 0.05) is 11.4 Å². The van der Waals surface area contributed by atoms with E-state index in [2.05, 4.69) is 10.3 Å². The van der Waals surface area contributed by atoms with E-state index in [1.54, 1.807) is 17.4 Å². The molecule has 0 fully saturated rings. The number of sulfonamides is 1. The van der Waals surface area contributed by atoms with Crippen LogP contribution < -0.4 is 10.5 Å². The number of benzene rings is 1. The smallest absolute Gasteiger partial charge is 0.238 e. The second-order valence-corrected chi connectivity index (χ2v) is 9.42. The number of carbonyl (C=O) groups excluding carboxylic acids is 1. The summed E-state index contributed by atoms with van der Waals surface area (Å²) in [6, 6.07) is 8.58. The molecule has 27 heavy (non-hydrogen) atoms. The van der Waals surface area contributed by atoms with Crippen LogP contribution in [0, 0.1) is 0 Å². The van der Waals surface area contributed by atoms with E-state index in [0.717, 1.165) is 23.4 Å². The van der Waals surface area contributed by atoms with Gasteiger partial charge in [0.2, 0.25) is 15.9 Å². The molecular weight excluding hydrogens is 404 g/mol. The molecule has 0 aliphatic carbocycles. The van der Waals surface area contributed by atoms with Gasteiger partial charge in [-0.25, -0.2) is 18.5 Å². The SMILES string of the molecule is CCCn1c(SCC(=O)NCc2cccs2)nc2cc(S(N)(=O)=O)ccc21. The zero-order chi connectivity index (χ0) is 19.4. The maximum absolute atomic E-state index is 12.1. The van der Waals surface area contributed by atoms with Gasteiger partial charge in [-0.2, -0.15) is 0 Å². The molecule has 0 saturated carbocycles. The van der Waals surface area contributed by atoms with Crippen molar-refractivity contribution in [1.29, 1.82) is 0 Å². The molecule has 3 N–H and O–H groups in total. The number of carbonyl (C=O) groups is 1. The Bertz CT molecular complexity index is 1040. The Morgan fingerprint density at radius 3 is 2.85 bits per heavy atom. The highest BCUT2D eigenvalue weighted by atomic mass is 32.2. The van der Waals surface area contributed by atoms with E-state index in [4.69, 9.17) is 5.14 Å². The van der Waals surface area contributed by atoms with Gasteiger partial charge in [-0.1, -0.05) is 24.8 Å². The minimum absolute atomic E-state index is 0.0291. The first-order valence-electron chi connectivity index (χ1n) is 8.33. The molecule has 0 aliphatic rings. The molecule has 3 aromatic rings. The zero-order valence-corrected chi connectivity index (χ0v) is 17.2. The van der Waals surface area contributed by atoms with Gasteiger partial charge in [-0.3, -0.25) is 4.79 Å². The van der Waals surface area contributed by atoms with Gasteiger partial charge >= 0.3 is 0 Å². The zero-order valence-electron chi connectivity index (χ0n) is 14.7. The maximum Gasteiger partial charge on any atom is 0.238 e. The Balaban J connectivity index is 1.76. The largest absolute Gasteiger partial charge is 0.350 e. The van der Waals surface area contributed by atoms with Crippen LogP contribution in [-0.2, 0) is 27.9 Å². The van der Waals surface area contributed by atoms with Crippen molar-refractivity contribution in [2.75, 3.05) is 5.75 Å². The van der Waals surface area contributed by atoms with Gasteiger partial charge in [0.25, 0.3) is 0 Å². The molecule has 10 heteroatoms. The van der Waals surface area contributed by atoms with Crippen molar-refractivity contribution in [3.8, 4) is 0 Å². The highest BCUT2D eigenvalue weighted by Crippen LogP contribution is 2.26. The second kappa shape index (κ2) is 8.42. The summed E-state index contributed by atoms with van der Waals surface area (Å²) in [4.78, 5) is 17.8. The fourth-order valence-corrected chi connectivity index (χ4v) is 4.64. The van der Waals surface area contributed by atoms with Crippen molar-refractivity contribution in [2.24, 2.45) is 5.14 Å². The standard InChI is InChI=1S/C17H20N4O3S3/c1-2-7-21-15-6-5-13(27(18,23)24)9-14(15)20-17(21)26-11-16(22)19-10-12-4-3-8-25-12/h3-6,8-9H,2,7,10-11H2,1H3,(H,19,22)(H2,18,23,24). The van der Waals surface area contributed by atoms with Crippen LogP contribution in [0.15, 0.2) is 45.8 Å². The van der Waals surface area contributed by atoms with E-state index >= 15 is 0 Å². The molecule has 0 saturated heterocycles. The van der Waals surface area contributed by atoms with Crippen LogP contribution in [0.25, 0.3) is 11.0 Å². The van der Waals surface area contributed by atoms with Crippen LogP contribution in [0.4, 0.5) is 0 Å². The number of rotatable bonds is 8. The van der Waals surface area contributed by atoms with Crippen molar-refractivity contribution >= 4 is 50.1 Å². The van der Waals surface area contributed by atoms with Gasteiger partial charge in [0.05, 0.1) is 28.2 Å². The molecule has 1 amide bonds. The first-order chi connectivity index (χ1) is 12.9. The van der Waals surface area contributed by atoms with Crippen molar-refractivity contribution in [1.82, 2.24) is 14.9 Å². The van der Waals surface area contributed by atoms with E-state index in [-0.39, 0.29) is 16.6 Å². The van der Waals surface area contributed by atoms with Gasteiger partial charge in [-0.05, 0) is 36.1 Å². The molecule has 2 heterocycles. The average molecular weight is 425 g/mol. The number of fused-ring (bicyclic) bond motifs is 1. The molecule has 144 valence electrons. The maximum atomic E-state index is 12.1. The topological polar surface area (TPSA) is 107 Å². The fourth-order valence-electron chi connectivity index (χ4n) is 2.59. The summed E-state index contributed by atoms with van der Waals surface area (Å²) in [6.45, 7) is 3.29. The minimum atomic E-state index is -3.78. The van der Waals surface area contributed by atoms with Crippen LogP contribution in [0.3, 0.4) is 0 Å². The Labute approximate surface area is 166 Å². The molecule has 0 aliphatic heterocycles. The molecule has 0 unspecified atom stereocenters. The number of imidazole rings is 1. The van der Waals surface area contributed by atoms with Crippen molar-refractivity contribution in [2.45, 2.75) is 36.5 Å². The Morgan fingerprint density at radius 1 is 1.37 bits per heavy atom. The van der Waals surface area contributed by atoms with Crippen molar-refractivity contribution in [3.05, 3.63) is 40.6 Å². The summed E-state index contributed by atoms with van der Waals surface area (Å²) in [7, 11) is -3.78. The van der Waals surface area contributed by atoms with Gasteiger partial charge in [-0.15, -0.1) is 11.3 Å². The molecule has 0 radical (unpaired) electrons. The average Bonchev–Trinajstić information content (AvgIpc) is 3.25. The number of nitrogens with zero attached hydrogens (tertiary/aromatic N) is 2. The first-order valence-corrected chi connectivity index (χ1v) is 11.7. The van der Waals surface area contributed by atoms with Gasteiger partial charge in [0.1, 0.15) is 0 Å². The summed E-state index contributed by atoms with van der Waals surface area (Å²) in [6.07, 6.45) is 0.889. The number of primary sulfonamides is 1. The Morgan fingerprint density at radius 2 is 2.19 bits per heavy atom. The first kappa shape index (κ1) is 19.9. The quantitative estimate of drug-likeness (QED) is 0.541. The predicted molar refractivity (Wildman–Crippen MR) is 108 cm³/mol. The number of nitrogens with two attached hydrogens (primary N) is 1. The van der Waals surface area contributed by atoms with Crippen LogP contribution in [0.1, 0.15) is 18.2 Å². The lowest BCUT2D eigenvalue weighted by Crippen LogP contribution is -2.24. The lowest BCUT2D eigenvalue weighted by Gasteiger charge is -2.07. The van der Waals surface area contributed by atoms with Gasteiger partial charge in [0.15, 0.2) is 5.16 Å². The number of thiophene rings is 1. The summed E-state index contributed by atoms with van der Waals surface area (Å²) >= 11 is 2.93. The third-order valence-corrected chi connectivity index (χ3v) is 6.60. The lowest BCUT2D eigenvalue weighted by molar-refractivity contribution is -0.118. The fraction of sp³-hybridized carbons (Fsp3) is 0.294. The minimum Gasteiger partial charge on any atom is -0.350 e. The Kier molecular flexibility index (Phi) is 6.20. The van der Waals surface area contributed by atoms with Crippen LogP contribution in [0.2, 0.25) is 0 Å². The number of nitrogens with one attached hydrogen (secondary N) is 1. The summed E-state index contributed by atoms with van der Waals surface area (Å²) in [5.41, 5.74) is 1.38. The van der Waals surface area contributed by atoms with E-state index < -0.39 is 10.0 Å². The number of hydrogen-bond donors (Lipinski definition) is 2.